The molecule has 0 saturated heterocycles. The summed E-state index contributed by atoms with van der Waals surface area (Å²) in [5.41, 5.74) is 1.65. The topological polar surface area (TPSA) is 54.9 Å². The van der Waals surface area contributed by atoms with Gasteiger partial charge in [-0.3, -0.25) is 9.78 Å². The summed E-state index contributed by atoms with van der Waals surface area (Å²) >= 11 is 1.45. The molecule has 0 unspecified atom stereocenters. The van der Waals surface area contributed by atoms with Crippen LogP contribution in [-0.2, 0) is 4.79 Å². The van der Waals surface area contributed by atoms with E-state index in [0.29, 0.717) is 17.5 Å². The van der Waals surface area contributed by atoms with E-state index >= 15 is 0 Å². The standard InChI is InChI=1S/C16H19N3OS/c20-15(10-12-6-2-1-3-7-12)19-16-18-14(11-21-16)13-8-4-5-9-17-13/h4-5,8-9,11-12H,1-3,6-7,10H2,(H,18,19,20). The second-order valence-electron chi connectivity index (χ2n) is 5.51. The summed E-state index contributed by atoms with van der Waals surface area (Å²) in [7, 11) is 0. The minimum absolute atomic E-state index is 0.0869. The van der Waals surface area contributed by atoms with Crippen molar-refractivity contribution in [3.63, 3.8) is 0 Å². The maximum atomic E-state index is 12.1. The number of anilines is 1. The molecule has 1 saturated carbocycles. The Morgan fingerprint density at radius 2 is 2.10 bits per heavy atom. The lowest BCUT2D eigenvalue weighted by atomic mass is 9.87. The van der Waals surface area contributed by atoms with E-state index in [2.05, 4.69) is 15.3 Å². The predicted octanol–water partition coefficient (Wildman–Crippen LogP) is 4.11. The lowest BCUT2D eigenvalue weighted by molar-refractivity contribution is -0.117. The van der Waals surface area contributed by atoms with Crippen LogP contribution in [0.5, 0.6) is 0 Å². The first-order chi connectivity index (χ1) is 10.3. The van der Waals surface area contributed by atoms with E-state index in [1.165, 1.54) is 43.4 Å². The van der Waals surface area contributed by atoms with Crippen molar-refractivity contribution < 1.29 is 4.79 Å². The van der Waals surface area contributed by atoms with E-state index in [1.54, 1.807) is 6.20 Å². The number of hydrogen-bond donors (Lipinski definition) is 1. The van der Waals surface area contributed by atoms with Crippen molar-refractivity contribution in [2.45, 2.75) is 38.5 Å². The largest absolute Gasteiger partial charge is 0.302 e. The van der Waals surface area contributed by atoms with Gasteiger partial charge in [0.15, 0.2) is 5.13 Å². The molecule has 0 atom stereocenters. The molecule has 2 heterocycles. The Hall–Kier alpha value is -1.75. The van der Waals surface area contributed by atoms with Gasteiger partial charge in [-0.2, -0.15) is 0 Å². The van der Waals surface area contributed by atoms with Crippen LogP contribution in [0.3, 0.4) is 0 Å². The van der Waals surface area contributed by atoms with Crippen LogP contribution in [-0.4, -0.2) is 15.9 Å². The van der Waals surface area contributed by atoms with E-state index in [0.717, 1.165) is 11.4 Å². The number of nitrogens with one attached hydrogen (secondary N) is 1. The third kappa shape index (κ3) is 3.88. The second kappa shape index (κ2) is 6.80. The smallest absolute Gasteiger partial charge is 0.226 e. The Labute approximate surface area is 128 Å². The molecule has 2 aromatic rings. The van der Waals surface area contributed by atoms with Gasteiger partial charge < -0.3 is 5.32 Å². The second-order valence-corrected chi connectivity index (χ2v) is 6.37. The number of thiazole rings is 1. The van der Waals surface area contributed by atoms with Crippen LogP contribution >= 0.6 is 11.3 Å². The van der Waals surface area contributed by atoms with Gasteiger partial charge in [-0.15, -0.1) is 11.3 Å². The van der Waals surface area contributed by atoms with Crippen molar-refractivity contribution in [1.29, 1.82) is 0 Å². The summed E-state index contributed by atoms with van der Waals surface area (Å²) in [4.78, 5) is 20.8. The fourth-order valence-electron chi connectivity index (χ4n) is 2.79. The van der Waals surface area contributed by atoms with E-state index in [4.69, 9.17) is 0 Å². The summed E-state index contributed by atoms with van der Waals surface area (Å²) in [6.07, 6.45) is 8.58. The van der Waals surface area contributed by atoms with Crippen LogP contribution in [0.1, 0.15) is 38.5 Å². The Kier molecular flexibility index (Phi) is 4.60. The van der Waals surface area contributed by atoms with Gasteiger partial charge in [0.1, 0.15) is 5.69 Å². The highest BCUT2D eigenvalue weighted by molar-refractivity contribution is 7.14. The van der Waals surface area contributed by atoms with Gasteiger partial charge in [-0.25, -0.2) is 4.98 Å². The first-order valence-corrected chi connectivity index (χ1v) is 8.36. The zero-order valence-corrected chi connectivity index (χ0v) is 12.7. The molecule has 2 aromatic heterocycles. The molecule has 0 aromatic carbocycles. The van der Waals surface area contributed by atoms with Gasteiger partial charge in [0.05, 0.1) is 5.69 Å². The van der Waals surface area contributed by atoms with Crippen LogP contribution in [0.2, 0.25) is 0 Å². The molecule has 21 heavy (non-hydrogen) atoms. The first-order valence-electron chi connectivity index (χ1n) is 7.48. The van der Waals surface area contributed by atoms with E-state index in [1.807, 2.05) is 23.6 Å². The van der Waals surface area contributed by atoms with Gasteiger partial charge in [0, 0.05) is 18.0 Å². The Morgan fingerprint density at radius 1 is 1.24 bits per heavy atom. The maximum absolute atomic E-state index is 12.1. The lowest BCUT2D eigenvalue weighted by Gasteiger charge is -2.20. The highest BCUT2D eigenvalue weighted by atomic mass is 32.1. The summed E-state index contributed by atoms with van der Waals surface area (Å²) in [5, 5.41) is 5.51. The maximum Gasteiger partial charge on any atom is 0.226 e. The monoisotopic (exact) mass is 301 g/mol. The summed E-state index contributed by atoms with van der Waals surface area (Å²) in [6, 6.07) is 5.73. The number of hydrogen-bond acceptors (Lipinski definition) is 4. The van der Waals surface area contributed by atoms with Gasteiger partial charge >= 0.3 is 0 Å². The summed E-state index contributed by atoms with van der Waals surface area (Å²) in [5.74, 6) is 0.637. The van der Waals surface area contributed by atoms with Crippen LogP contribution in [0.4, 0.5) is 5.13 Å². The third-order valence-electron chi connectivity index (χ3n) is 3.88. The molecule has 1 aliphatic carbocycles. The zero-order chi connectivity index (χ0) is 14.5. The Bertz CT molecular complexity index is 591. The molecule has 1 N–H and O–H groups in total. The van der Waals surface area contributed by atoms with Crippen LogP contribution in [0.15, 0.2) is 29.8 Å². The van der Waals surface area contributed by atoms with Gasteiger partial charge in [0.2, 0.25) is 5.91 Å². The SMILES string of the molecule is O=C(CC1CCCCC1)Nc1nc(-c2ccccn2)cs1. The number of rotatable bonds is 4. The molecule has 5 heteroatoms. The van der Waals surface area contributed by atoms with E-state index < -0.39 is 0 Å². The summed E-state index contributed by atoms with van der Waals surface area (Å²) in [6.45, 7) is 0. The normalized spacial score (nSPS) is 15.8. The number of aromatic nitrogens is 2. The van der Waals surface area contributed by atoms with Crippen molar-refractivity contribution in [2.24, 2.45) is 5.92 Å². The summed E-state index contributed by atoms with van der Waals surface area (Å²) < 4.78 is 0. The van der Waals surface area contributed by atoms with Crippen molar-refractivity contribution in [3.8, 4) is 11.4 Å². The Morgan fingerprint density at radius 3 is 2.86 bits per heavy atom. The molecule has 110 valence electrons. The number of carbonyl (C=O) groups is 1. The fraction of sp³-hybridized carbons (Fsp3) is 0.438. The van der Waals surface area contributed by atoms with Gasteiger partial charge in [-0.05, 0) is 30.9 Å². The molecule has 1 aliphatic rings. The van der Waals surface area contributed by atoms with Crippen LogP contribution in [0.25, 0.3) is 11.4 Å². The molecule has 0 bridgehead atoms. The van der Waals surface area contributed by atoms with Crippen LogP contribution in [0, 0.1) is 5.92 Å². The zero-order valence-electron chi connectivity index (χ0n) is 11.9. The number of pyridine rings is 1. The molecule has 0 aliphatic heterocycles. The third-order valence-corrected chi connectivity index (χ3v) is 4.63. The van der Waals surface area contributed by atoms with Crippen molar-refractivity contribution in [3.05, 3.63) is 29.8 Å². The highest BCUT2D eigenvalue weighted by Crippen LogP contribution is 2.27. The molecule has 0 radical (unpaired) electrons. The fourth-order valence-corrected chi connectivity index (χ4v) is 3.51. The van der Waals surface area contributed by atoms with Gasteiger partial charge in [-0.1, -0.05) is 25.3 Å². The van der Waals surface area contributed by atoms with Crippen molar-refractivity contribution in [2.75, 3.05) is 5.32 Å². The van der Waals surface area contributed by atoms with Crippen molar-refractivity contribution >= 4 is 22.4 Å². The Balaban J connectivity index is 1.58. The van der Waals surface area contributed by atoms with Crippen molar-refractivity contribution in [1.82, 2.24) is 9.97 Å². The molecule has 4 nitrogen and oxygen atoms in total. The predicted molar refractivity (Wildman–Crippen MR) is 85.2 cm³/mol. The first kappa shape index (κ1) is 14.2. The molecular weight excluding hydrogens is 282 g/mol. The average Bonchev–Trinajstić information content (AvgIpc) is 2.97. The van der Waals surface area contributed by atoms with Crippen LogP contribution < -0.4 is 5.32 Å². The molecule has 1 amide bonds. The molecule has 3 rings (SSSR count). The minimum Gasteiger partial charge on any atom is -0.302 e. The number of nitrogens with zero attached hydrogens (tertiary/aromatic N) is 2. The molecule has 0 spiro atoms. The highest BCUT2D eigenvalue weighted by Gasteiger charge is 2.17. The van der Waals surface area contributed by atoms with E-state index in [-0.39, 0.29) is 5.91 Å². The van der Waals surface area contributed by atoms with E-state index in [9.17, 15) is 4.79 Å². The number of amides is 1. The minimum atomic E-state index is 0.0869. The van der Waals surface area contributed by atoms with Gasteiger partial charge in [0.25, 0.3) is 0 Å². The quantitative estimate of drug-likeness (QED) is 0.924. The molecule has 1 fully saturated rings. The number of carbonyl (C=O) groups excluding carboxylic acids is 1. The average molecular weight is 301 g/mol. The lowest BCUT2D eigenvalue weighted by Crippen LogP contribution is -2.18. The molecular formula is C16H19N3OS.